The minimum absolute atomic E-state index is 0.208. The summed E-state index contributed by atoms with van der Waals surface area (Å²) >= 11 is 0. The van der Waals surface area contributed by atoms with Crippen molar-refractivity contribution in [1.29, 1.82) is 0 Å². The zero-order valence-electron chi connectivity index (χ0n) is 7.75. The van der Waals surface area contributed by atoms with Crippen LogP contribution in [0.5, 0.6) is 0 Å². The number of rotatable bonds is 5. The average Bonchev–Trinajstić information content (AvgIpc) is 2.16. The van der Waals surface area contributed by atoms with Crippen molar-refractivity contribution in [2.75, 3.05) is 6.61 Å². The molecule has 1 aromatic rings. The molecule has 0 aromatic heterocycles. The number of hydrogen-bond acceptors (Lipinski definition) is 2. The summed E-state index contributed by atoms with van der Waals surface area (Å²) in [5.41, 5.74) is 1.54. The second-order valence-electron chi connectivity index (χ2n) is 2.98. The first-order chi connectivity index (χ1) is 6.74. The van der Waals surface area contributed by atoms with Crippen LogP contribution in [0.4, 0.5) is 8.78 Å². The van der Waals surface area contributed by atoms with Crippen molar-refractivity contribution in [1.82, 2.24) is 0 Å². The molecular weight excluding hydrogens is 188 g/mol. The van der Waals surface area contributed by atoms with E-state index in [0.717, 1.165) is 5.56 Å². The second kappa shape index (κ2) is 5.67. The molecule has 0 bridgehead atoms. The van der Waals surface area contributed by atoms with Crippen LogP contribution in [0.15, 0.2) is 24.3 Å². The van der Waals surface area contributed by atoms with Gasteiger partial charge in [0.2, 0.25) is 6.43 Å². The first-order valence-corrected chi connectivity index (χ1v) is 4.40. The van der Waals surface area contributed by atoms with E-state index < -0.39 is 6.43 Å². The molecule has 1 rings (SSSR count). The van der Waals surface area contributed by atoms with Gasteiger partial charge in [-0.1, -0.05) is 24.3 Å². The number of hydrogen-bond donors (Lipinski definition) is 1. The third-order valence-corrected chi connectivity index (χ3v) is 1.98. The van der Waals surface area contributed by atoms with Crippen LogP contribution in [0.3, 0.4) is 0 Å². The molecule has 2 N–H and O–H groups in total. The molecular formula is C10H13F2NO. The van der Waals surface area contributed by atoms with Crippen LogP contribution in [0, 0.1) is 0 Å². The van der Waals surface area contributed by atoms with E-state index in [1.165, 1.54) is 0 Å². The zero-order valence-corrected chi connectivity index (χ0v) is 7.75. The molecule has 0 radical (unpaired) electrons. The molecule has 0 aliphatic carbocycles. The normalized spacial score (nSPS) is 10.9. The minimum atomic E-state index is -2.31. The van der Waals surface area contributed by atoms with Crippen LogP contribution in [-0.2, 0) is 17.7 Å². The van der Waals surface area contributed by atoms with Crippen molar-refractivity contribution < 1.29 is 13.6 Å². The van der Waals surface area contributed by atoms with Gasteiger partial charge in [0.25, 0.3) is 0 Å². The van der Waals surface area contributed by atoms with Gasteiger partial charge in [-0.25, -0.2) is 14.7 Å². The lowest BCUT2D eigenvalue weighted by atomic mass is 10.0. The fourth-order valence-electron chi connectivity index (χ4n) is 1.34. The van der Waals surface area contributed by atoms with Crippen molar-refractivity contribution in [2.45, 2.75) is 19.3 Å². The Balaban J connectivity index is 2.69. The molecule has 0 saturated carbocycles. The van der Waals surface area contributed by atoms with Crippen LogP contribution in [0.1, 0.15) is 11.1 Å². The lowest BCUT2D eigenvalue weighted by molar-refractivity contribution is 0.139. The maximum atomic E-state index is 12.2. The van der Waals surface area contributed by atoms with Crippen LogP contribution >= 0.6 is 0 Å². The van der Waals surface area contributed by atoms with Gasteiger partial charge in [-0.05, 0) is 17.5 Å². The van der Waals surface area contributed by atoms with E-state index in [0.29, 0.717) is 18.6 Å². The van der Waals surface area contributed by atoms with Gasteiger partial charge in [0.05, 0.1) is 6.61 Å². The first kappa shape index (κ1) is 11.1. The summed E-state index contributed by atoms with van der Waals surface area (Å²) in [5, 5.41) is 0. The number of nitrogens with two attached hydrogens (primary N) is 1. The van der Waals surface area contributed by atoms with Crippen molar-refractivity contribution in [3.8, 4) is 0 Å². The van der Waals surface area contributed by atoms with E-state index >= 15 is 0 Å². The highest BCUT2D eigenvalue weighted by Crippen LogP contribution is 2.13. The summed E-state index contributed by atoms with van der Waals surface area (Å²) in [7, 11) is 0. The molecule has 1 aromatic carbocycles. The van der Waals surface area contributed by atoms with Gasteiger partial charge < -0.3 is 4.84 Å². The molecule has 0 amide bonds. The van der Waals surface area contributed by atoms with E-state index in [1.54, 1.807) is 12.1 Å². The monoisotopic (exact) mass is 201 g/mol. The van der Waals surface area contributed by atoms with Crippen molar-refractivity contribution in [2.24, 2.45) is 5.90 Å². The van der Waals surface area contributed by atoms with Crippen LogP contribution in [0.2, 0.25) is 0 Å². The molecule has 4 heteroatoms. The maximum Gasteiger partial charge on any atom is 0.242 e. The molecule has 0 unspecified atom stereocenters. The summed E-state index contributed by atoms with van der Waals surface area (Å²) in [6, 6.07) is 7.10. The van der Waals surface area contributed by atoms with E-state index in [-0.39, 0.29) is 6.42 Å². The fourth-order valence-corrected chi connectivity index (χ4v) is 1.34. The van der Waals surface area contributed by atoms with E-state index in [1.807, 2.05) is 12.1 Å². The molecule has 2 nitrogen and oxygen atoms in total. The van der Waals surface area contributed by atoms with Gasteiger partial charge in [-0.15, -0.1) is 0 Å². The summed E-state index contributed by atoms with van der Waals surface area (Å²) in [5.74, 6) is 4.88. The predicted octanol–water partition coefficient (Wildman–Crippen LogP) is 1.93. The molecule has 0 heterocycles. The van der Waals surface area contributed by atoms with Crippen molar-refractivity contribution >= 4 is 0 Å². The largest absolute Gasteiger partial charge is 0.304 e. The third kappa shape index (κ3) is 3.40. The number of halogens is 2. The highest BCUT2D eigenvalue weighted by atomic mass is 19.3. The van der Waals surface area contributed by atoms with Gasteiger partial charge in [-0.2, -0.15) is 0 Å². The van der Waals surface area contributed by atoms with Gasteiger partial charge >= 0.3 is 0 Å². The lowest BCUT2D eigenvalue weighted by Gasteiger charge is -2.07. The number of benzene rings is 1. The highest BCUT2D eigenvalue weighted by molar-refractivity contribution is 5.27. The number of alkyl halides is 2. The Morgan fingerprint density at radius 3 is 2.43 bits per heavy atom. The second-order valence-corrected chi connectivity index (χ2v) is 2.98. The van der Waals surface area contributed by atoms with Crippen molar-refractivity contribution in [3.63, 3.8) is 0 Å². The quantitative estimate of drug-likeness (QED) is 0.739. The predicted molar refractivity (Wildman–Crippen MR) is 50.0 cm³/mol. The molecule has 0 saturated heterocycles. The molecule has 0 aliphatic heterocycles. The molecule has 0 spiro atoms. The van der Waals surface area contributed by atoms with E-state index in [9.17, 15) is 8.78 Å². The van der Waals surface area contributed by atoms with Crippen LogP contribution in [0.25, 0.3) is 0 Å². The Kier molecular flexibility index (Phi) is 4.49. The third-order valence-electron chi connectivity index (χ3n) is 1.98. The molecule has 0 atom stereocenters. The Labute approximate surface area is 81.6 Å². The topological polar surface area (TPSA) is 35.2 Å². The highest BCUT2D eigenvalue weighted by Gasteiger charge is 2.08. The first-order valence-electron chi connectivity index (χ1n) is 4.40. The average molecular weight is 201 g/mol. The van der Waals surface area contributed by atoms with Crippen LogP contribution in [-0.4, -0.2) is 13.0 Å². The smallest absolute Gasteiger partial charge is 0.242 e. The lowest BCUT2D eigenvalue weighted by Crippen LogP contribution is -2.07. The summed E-state index contributed by atoms with van der Waals surface area (Å²) < 4.78 is 24.3. The van der Waals surface area contributed by atoms with Gasteiger partial charge in [0, 0.05) is 6.42 Å². The minimum Gasteiger partial charge on any atom is -0.304 e. The van der Waals surface area contributed by atoms with Crippen LogP contribution < -0.4 is 5.90 Å². The molecule has 14 heavy (non-hydrogen) atoms. The maximum absolute atomic E-state index is 12.2. The van der Waals surface area contributed by atoms with Gasteiger partial charge in [0.15, 0.2) is 0 Å². The Morgan fingerprint density at radius 2 is 1.86 bits per heavy atom. The standard InChI is InChI=1S/C10H13F2NO/c11-10(12)7-9-4-2-1-3-8(9)5-6-14-13/h1-4,10H,5-7,13H2. The molecule has 78 valence electrons. The Hall–Kier alpha value is -1.00. The van der Waals surface area contributed by atoms with E-state index in [2.05, 4.69) is 4.84 Å². The van der Waals surface area contributed by atoms with E-state index in [4.69, 9.17) is 5.90 Å². The Morgan fingerprint density at radius 1 is 1.21 bits per heavy atom. The summed E-state index contributed by atoms with van der Waals surface area (Å²) in [6.07, 6.45) is -1.95. The summed E-state index contributed by atoms with van der Waals surface area (Å²) in [6.45, 7) is 0.347. The SMILES string of the molecule is NOCCc1ccccc1CC(F)F. The van der Waals surface area contributed by atoms with Gasteiger partial charge in [0.1, 0.15) is 0 Å². The Bertz CT molecular complexity index is 279. The fraction of sp³-hybridized carbons (Fsp3) is 0.400. The van der Waals surface area contributed by atoms with Crippen molar-refractivity contribution in [3.05, 3.63) is 35.4 Å². The summed E-state index contributed by atoms with van der Waals surface area (Å²) in [4.78, 5) is 4.42. The molecule has 0 fully saturated rings. The molecule has 0 aliphatic rings. The van der Waals surface area contributed by atoms with Gasteiger partial charge in [-0.3, -0.25) is 0 Å². The zero-order chi connectivity index (χ0) is 10.4.